The first-order valence-electron chi connectivity index (χ1n) is 9.72. The number of nitrogens with zero attached hydrogens (tertiary/aromatic N) is 1. The molecule has 5 nitrogen and oxygen atoms in total. The number of piperidine rings is 1. The molecular weight excluding hydrogens is 328 g/mol. The van der Waals surface area contributed by atoms with Crippen LogP contribution >= 0.6 is 0 Å². The molecule has 0 radical (unpaired) electrons. The lowest BCUT2D eigenvalue weighted by Crippen LogP contribution is -2.41. The molecule has 1 amide bonds. The number of nitrogen functional groups attached to an aromatic ring is 1. The van der Waals surface area contributed by atoms with Gasteiger partial charge in [0.1, 0.15) is 11.4 Å². The van der Waals surface area contributed by atoms with Crippen molar-refractivity contribution >= 4 is 11.8 Å². The van der Waals surface area contributed by atoms with E-state index in [1.54, 1.807) is 0 Å². The first-order valence-corrected chi connectivity index (χ1v) is 9.72. The van der Waals surface area contributed by atoms with E-state index in [1.807, 2.05) is 31.7 Å². The van der Waals surface area contributed by atoms with Crippen molar-refractivity contribution in [1.29, 1.82) is 0 Å². The highest BCUT2D eigenvalue weighted by atomic mass is 16.6. The minimum absolute atomic E-state index is 0.204. The Morgan fingerprint density at radius 3 is 2.54 bits per heavy atom. The lowest BCUT2D eigenvalue weighted by molar-refractivity contribution is 0.0204. The van der Waals surface area contributed by atoms with Crippen molar-refractivity contribution in [2.24, 2.45) is 0 Å². The molecule has 0 aliphatic carbocycles. The second kappa shape index (κ2) is 7.01. The Labute approximate surface area is 156 Å². The number of aryl methyl sites for hydroxylation is 1. The van der Waals surface area contributed by atoms with Gasteiger partial charge in [-0.3, -0.25) is 0 Å². The van der Waals surface area contributed by atoms with Crippen molar-refractivity contribution in [2.75, 3.05) is 18.8 Å². The summed E-state index contributed by atoms with van der Waals surface area (Å²) in [5.41, 5.74) is 10.5. The highest BCUT2D eigenvalue weighted by molar-refractivity contribution is 5.68. The zero-order valence-corrected chi connectivity index (χ0v) is 16.7. The smallest absolute Gasteiger partial charge is 0.410 e. The number of hydrogen-bond donors (Lipinski definition) is 1. The molecule has 1 aromatic rings. The number of benzene rings is 1. The number of ether oxygens (including phenoxy) is 2. The summed E-state index contributed by atoms with van der Waals surface area (Å²) < 4.78 is 11.6. The van der Waals surface area contributed by atoms with E-state index >= 15 is 0 Å². The molecule has 2 N–H and O–H groups in total. The Balaban J connectivity index is 1.76. The minimum atomic E-state index is -0.450. The number of hydrogen-bond acceptors (Lipinski definition) is 4. The molecule has 3 rings (SSSR count). The van der Waals surface area contributed by atoms with Crippen molar-refractivity contribution in [1.82, 2.24) is 4.90 Å². The number of fused-ring (bicyclic) bond motifs is 1. The Kier molecular flexibility index (Phi) is 5.09. The normalized spacial score (nSPS) is 21.1. The average Bonchev–Trinajstić information content (AvgIpc) is 2.54. The van der Waals surface area contributed by atoms with Crippen LogP contribution in [0.2, 0.25) is 0 Å². The third-order valence-electron chi connectivity index (χ3n) is 5.33. The Hall–Kier alpha value is -1.91. The van der Waals surface area contributed by atoms with Gasteiger partial charge in [-0.05, 0) is 83.4 Å². The zero-order chi connectivity index (χ0) is 19.1. The van der Waals surface area contributed by atoms with E-state index in [0.29, 0.717) is 5.92 Å². The maximum absolute atomic E-state index is 12.3. The molecule has 26 heavy (non-hydrogen) atoms. The van der Waals surface area contributed by atoms with E-state index in [9.17, 15) is 4.79 Å². The Morgan fingerprint density at radius 1 is 1.27 bits per heavy atom. The van der Waals surface area contributed by atoms with E-state index in [2.05, 4.69) is 13.8 Å². The summed E-state index contributed by atoms with van der Waals surface area (Å²) in [4.78, 5) is 14.1. The summed E-state index contributed by atoms with van der Waals surface area (Å²) in [6, 6.07) is 2.05. The number of carbonyl (C=O) groups is 1. The topological polar surface area (TPSA) is 64.8 Å². The first kappa shape index (κ1) is 18.9. The molecule has 1 saturated heterocycles. The van der Waals surface area contributed by atoms with Crippen LogP contribution in [-0.2, 0) is 11.2 Å². The molecule has 1 aromatic carbocycles. The van der Waals surface area contributed by atoms with Gasteiger partial charge in [0.15, 0.2) is 0 Å². The highest BCUT2D eigenvalue weighted by Gasteiger charge is 2.31. The monoisotopic (exact) mass is 360 g/mol. The van der Waals surface area contributed by atoms with Crippen LogP contribution in [0.5, 0.6) is 5.75 Å². The second-order valence-electron chi connectivity index (χ2n) is 8.71. The predicted octanol–water partition coefficient (Wildman–Crippen LogP) is 4.41. The van der Waals surface area contributed by atoms with Gasteiger partial charge in [0.05, 0.1) is 11.8 Å². The fourth-order valence-corrected chi connectivity index (χ4v) is 4.15. The molecule has 5 heteroatoms. The van der Waals surface area contributed by atoms with Gasteiger partial charge in [0.25, 0.3) is 0 Å². The van der Waals surface area contributed by atoms with Crippen LogP contribution in [0.25, 0.3) is 0 Å². The predicted molar refractivity (Wildman–Crippen MR) is 104 cm³/mol. The summed E-state index contributed by atoms with van der Waals surface area (Å²) in [7, 11) is 0. The molecule has 1 fully saturated rings. The molecule has 0 saturated carbocycles. The fourth-order valence-electron chi connectivity index (χ4n) is 4.15. The van der Waals surface area contributed by atoms with E-state index in [-0.39, 0.29) is 12.2 Å². The van der Waals surface area contributed by atoms with Crippen LogP contribution in [0.1, 0.15) is 69.6 Å². The van der Waals surface area contributed by atoms with E-state index < -0.39 is 5.60 Å². The van der Waals surface area contributed by atoms with Crippen molar-refractivity contribution < 1.29 is 14.3 Å². The van der Waals surface area contributed by atoms with E-state index in [1.165, 1.54) is 16.7 Å². The van der Waals surface area contributed by atoms with Gasteiger partial charge >= 0.3 is 6.09 Å². The molecular formula is C21H32N2O3. The molecule has 2 aliphatic rings. The lowest BCUT2D eigenvalue weighted by Gasteiger charge is -2.36. The SMILES string of the molecule is Cc1cc(N)c2c(c1C1CCN(C(=O)OC(C)(C)C)CC1)CCC(C)O2. The van der Waals surface area contributed by atoms with Gasteiger partial charge in [-0.15, -0.1) is 0 Å². The number of anilines is 1. The summed E-state index contributed by atoms with van der Waals surface area (Å²) in [6.07, 6.45) is 3.96. The van der Waals surface area contributed by atoms with Crippen LogP contribution in [0.4, 0.5) is 10.5 Å². The van der Waals surface area contributed by atoms with Crippen molar-refractivity contribution in [3.63, 3.8) is 0 Å². The van der Waals surface area contributed by atoms with Gasteiger partial charge in [0, 0.05) is 18.7 Å². The first-order chi connectivity index (χ1) is 12.2. The lowest BCUT2D eigenvalue weighted by atomic mass is 9.81. The standard InChI is InChI=1S/C21H32N2O3/c1-13-12-17(22)19-16(7-6-14(2)25-19)18(13)15-8-10-23(11-9-15)20(24)26-21(3,4)5/h12,14-15H,6-11,22H2,1-5H3. The number of likely N-dealkylation sites (tertiary alicyclic amines) is 1. The number of amides is 1. The molecule has 1 atom stereocenters. The Morgan fingerprint density at radius 2 is 1.92 bits per heavy atom. The van der Waals surface area contributed by atoms with Gasteiger partial charge in [0.2, 0.25) is 0 Å². The maximum Gasteiger partial charge on any atom is 0.410 e. The summed E-state index contributed by atoms with van der Waals surface area (Å²) >= 11 is 0. The van der Waals surface area contributed by atoms with Gasteiger partial charge < -0.3 is 20.1 Å². The second-order valence-corrected chi connectivity index (χ2v) is 8.71. The largest absolute Gasteiger partial charge is 0.488 e. The van der Waals surface area contributed by atoms with Crippen LogP contribution in [0.15, 0.2) is 6.07 Å². The molecule has 0 spiro atoms. The average molecular weight is 360 g/mol. The highest BCUT2D eigenvalue weighted by Crippen LogP contribution is 2.43. The van der Waals surface area contributed by atoms with Gasteiger partial charge in [-0.25, -0.2) is 4.79 Å². The molecule has 2 aliphatic heterocycles. The quantitative estimate of drug-likeness (QED) is 0.754. The van der Waals surface area contributed by atoms with E-state index in [4.69, 9.17) is 15.2 Å². The van der Waals surface area contributed by atoms with Gasteiger partial charge in [-0.1, -0.05) is 0 Å². The third-order valence-corrected chi connectivity index (χ3v) is 5.33. The number of carbonyl (C=O) groups excluding carboxylic acids is 1. The van der Waals surface area contributed by atoms with Crippen LogP contribution in [0, 0.1) is 6.92 Å². The summed E-state index contributed by atoms with van der Waals surface area (Å²) in [5.74, 6) is 1.33. The minimum Gasteiger partial charge on any atom is -0.488 e. The molecule has 1 unspecified atom stereocenters. The molecule has 0 bridgehead atoms. The van der Waals surface area contributed by atoms with Gasteiger partial charge in [-0.2, -0.15) is 0 Å². The molecule has 2 heterocycles. The van der Waals surface area contributed by atoms with Crippen molar-refractivity contribution in [2.45, 2.75) is 77.9 Å². The van der Waals surface area contributed by atoms with Crippen LogP contribution < -0.4 is 10.5 Å². The number of rotatable bonds is 1. The number of nitrogens with two attached hydrogens (primary N) is 1. The van der Waals surface area contributed by atoms with Crippen molar-refractivity contribution in [3.05, 3.63) is 22.8 Å². The zero-order valence-electron chi connectivity index (χ0n) is 16.7. The molecule has 0 aromatic heterocycles. The third kappa shape index (κ3) is 3.92. The van der Waals surface area contributed by atoms with Crippen LogP contribution in [-0.4, -0.2) is 35.8 Å². The molecule has 144 valence electrons. The Bertz CT molecular complexity index is 685. The van der Waals surface area contributed by atoms with E-state index in [0.717, 1.165) is 50.2 Å². The van der Waals surface area contributed by atoms with Crippen LogP contribution in [0.3, 0.4) is 0 Å². The summed E-state index contributed by atoms with van der Waals surface area (Å²) in [6.45, 7) is 11.4. The summed E-state index contributed by atoms with van der Waals surface area (Å²) in [5, 5.41) is 0. The maximum atomic E-state index is 12.3. The van der Waals surface area contributed by atoms with Crippen molar-refractivity contribution in [3.8, 4) is 5.75 Å². The fraction of sp³-hybridized carbons (Fsp3) is 0.667.